The van der Waals surface area contributed by atoms with Crippen LogP contribution in [0.4, 0.5) is 5.82 Å². The van der Waals surface area contributed by atoms with Crippen molar-refractivity contribution >= 4 is 11.8 Å². The van der Waals surface area contributed by atoms with Crippen LogP contribution in [0.2, 0.25) is 0 Å². The van der Waals surface area contributed by atoms with Crippen LogP contribution in [-0.2, 0) is 0 Å². The van der Waals surface area contributed by atoms with Crippen LogP contribution in [-0.4, -0.2) is 42.7 Å². The lowest BCUT2D eigenvalue weighted by Crippen LogP contribution is -2.49. The molecule has 148 valence electrons. The van der Waals surface area contributed by atoms with E-state index in [2.05, 4.69) is 87.9 Å². The lowest BCUT2D eigenvalue weighted by atomic mass is 10.1. The summed E-state index contributed by atoms with van der Waals surface area (Å²) in [5, 5.41) is 7.33. The molecule has 1 aliphatic heterocycles. The Hall–Kier alpha value is -2.56. The maximum absolute atomic E-state index is 4.68. The van der Waals surface area contributed by atoms with Crippen LogP contribution in [0.1, 0.15) is 43.4 Å². The molecule has 2 fully saturated rings. The van der Waals surface area contributed by atoms with Crippen molar-refractivity contribution in [2.24, 2.45) is 4.99 Å². The Bertz CT molecular complexity index is 796. The molecule has 1 saturated heterocycles. The molecule has 1 aromatic heterocycles. The van der Waals surface area contributed by atoms with Crippen LogP contribution in [0, 0.1) is 6.92 Å². The zero-order valence-electron chi connectivity index (χ0n) is 16.9. The summed E-state index contributed by atoms with van der Waals surface area (Å²) in [5.41, 5.74) is 2.51. The minimum Gasteiger partial charge on any atom is -0.356 e. The van der Waals surface area contributed by atoms with Crippen molar-refractivity contribution < 1.29 is 0 Å². The summed E-state index contributed by atoms with van der Waals surface area (Å²) in [5.74, 6) is 2.68. The molecule has 2 aromatic rings. The fourth-order valence-electron chi connectivity index (χ4n) is 4.04. The van der Waals surface area contributed by atoms with Crippen molar-refractivity contribution in [3.8, 4) is 0 Å². The summed E-state index contributed by atoms with van der Waals surface area (Å²) < 4.78 is 0. The number of nitrogens with one attached hydrogen (secondary N) is 2. The molecule has 1 aliphatic carbocycles. The van der Waals surface area contributed by atoms with E-state index in [-0.39, 0.29) is 0 Å². The van der Waals surface area contributed by atoms with E-state index in [0.29, 0.717) is 18.0 Å². The standard InChI is InChI=1S/C23H31N5/c1-3-24-23(27-21-16-20(21)18-9-5-4-6-10-18)26-19-12-14-28(15-13-19)22-11-7-8-17(2)25-22/h4-11,19-21H,3,12-16H2,1-2H3,(H2,24,26,27). The Morgan fingerprint density at radius 2 is 1.86 bits per heavy atom. The number of aryl methyl sites for hydroxylation is 1. The third-order valence-electron chi connectivity index (χ3n) is 5.69. The molecular weight excluding hydrogens is 346 g/mol. The highest BCUT2D eigenvalue weighted by atomic mass is 15.2. The second kappa shape index (κ2) is 8.63. The van der Waals surface area contributed by atoms with Gasteiger partial charge in [0.1, 0.15) is 5.82 Å². The fourth-order valence-corrected chi connectivity index (χ4v) is 4.04. The Kier molecular flexibility index (Phi) is 5.79. The van der Waals surface area contributed by atoms with Gasteiger partial charge in [0.2, 0.25) is 0 Å². The number of nitrogens with zero attached hydrogens (tertiary/aromatic N) is 3. The first-order valence-corrected chi connectivity index (χ1v) is 10.5. The smallest absolute Gasteiger partial charge is 0.191 e. The second-order valence-electron chi connectivity index (χ2n) is 7.87. The molecule has 5 nitrogen and oxygen atoms in total. The van der Waals surface area contributed by atoms with Gasteiger partial charge in [-0.05, 0) is 50.8 Å². The highest BCUT2D eigenvalue weighted by Crippen LogP contribution is 2.40. The Balaban J connectivity index is 1.28. The van der Waals surface area contributed by atoms with Crippen molar-refractivity contribution in [2.75, 3.05) is 24.5 Å². The summed E-state index contributed by atoms with van der Waals surface area (Å²) in [4.78, 5) is 11.7. The highest BCUT2D eigenvalue weighted by Gasteiger charge is 2.39. The fraction of sp³-hybridized carbons (Fsp3) is 0.478. The molecule has 0 amide bonds. The largest absolute Gasteiger partial charge is 0.356 e. The third kappa shape index (κ3) is 4.64. The quantitative estimate of drug-likeness (QED) is 0.619. The summed E-state index contributed by atoms with van der Waals surface area (Å²) in [6.45, 7) is 7.01. The Morgan fingerprint density at radius 3 is 2.57 bits per heavy atom. The van der Waals surface area contributed by atoms with E-state index in [1.807, 2.05) is 0 Å². The topological polar surface area (TPSA) is 52.6 Å². The van der Waals surface area contributed by atoms with Crippen molar-refractivity contribution in [1.29, 1.82) is 0 Å². The number of guanidine groups is 1. The van der Waals surface area contributed by atoms with E-state index >= 15 is 0 Å². The van der Waals surface area contributed by atoms with Crippen molar-refractivity contribution in [1.82, 2.24) is 15.6 Å². The van der Waals surface area contributed by atoms with Gasteiger partial charge in [-0.3, -0.25) is 4.99 Å². The number of piperidine rings is 1. The van der Waals surface area contributed by atoms with Gasteiger partial charge >= 0.3 is 0 Å². The molecule has 0 radical (unpaired) electrons. The van der Waals surface area contributed by atoms with Gasteiger partial charge in [0, 0.05) is 43.3 Å². The zero-order chi connectivity index (χ0) is 19.3. The van der Waals surface area contributed by atoms with Crippen LogP contribution in [0.5, 0.6) is 0 Å². The molecule has 2 heterocycles. The molecule has 2 unspecified atom stereocenters. The molecule has 28 heavy (non-hydrogen) atoms. The maximum Gasteiger partial charge on any atom is 0.191 e. The number of aliphatic imine (C=N–C) groups is 1. The van der Waals surface area contributed by atoms with E-state index < -0.39 is 0 Å². The summed E-state index contributed by atoms with van der Waals surface area (Å²) in [7, 11) is 0. The predicted octanol–water partition coefficient (Wildman–Crippen LogP) is 3.47. The molecule has 5 heteroatoms. The number of benzene rings is 1. The number of aromatic nitrogens is 1. The number of hydrogen-bond donors (Lipinski definition) is 2. The van der Waals surface area contributed by atoms with Gasteiger partial charge in [0.15, 0.2) is 5.96 Å². The Labute approximate surface area is 168 Å². The lowest BCUT2D eigenvalue weighted by molar-refractivity contribution is 0.459. The number of hydrogen-bond acceptors (Lipinski definition) is 3. The van der Waals surface area contributed by atoms with Crippen LogP contribution in [0.25, 0.3) is 0 Å². The second-order valence-corrected chi connectivity index (χ2v) is 7.87. The first kappa shape index (κ1) is 18.8. The SMILES string of the molecule is CCN=C(NC1CCN(c2cccc(C)n2)CC1)NC1CC1c1ccccc1. The summed E-state index contributed by atoms with van der Waals surface area (Å²) >= 11 is 0. The molecule has 1 saturated carbocycles. The average molecular weight is 378 g/mol. The van der Waals surface area contributed by atoms with Gasteiger partial charge in [-0.15, -0.1) is 0 Å². The number of rotatable bonds is 5. The molecule has 4 rings (SSSR count). The van der Waals surface area contributed by atoms with Gasteiger partial charge in [-0.25, -0.2) is 4.98 Å². The van der Waals surface area contributed by atoms with Crippen molar-refractivity contribution in [2.45, 2.75) is 51.1 Å². The molecule has 0 bridgehead atoms. The minimum atomic E-state index is 0.466. The van der Waals surface area contributed by atoms with Crippen LogP contribution >= 0.6 is 0 Å². The van der Waals surface area contributed by atoms with Gasteiger partial charge in [0.25, 0.3) is 0 Å². The van der Waals surface area contributed by atoms with E-state index in [4.69, 9.17) is 0 Å². The Morgan fingerprint density at radius 1 is 1.07 bits per heavy atom. The summed E-state index contributed by atoms with van der Waals surface area (Å²) in [6, 6.07) is 18.0. The minimum absolute atomic E-state index is 0.466. The maximum atomic E-state index is 4.68. The molecular formula is C23H31N5. The highest BCUT2D eigenvalue weighted by molar-refractivity contribution is 5.81. The molecule has 2 N–H and O–H groups in total. The van der Waals surface area contributed by atoms with Gasteiger partial charge in [-0.1, -0.05) is 36.4 Å². The van der Waals surface area contributed by atoms with Gasteiger partial charge in [0.05, 0.1) is 0 Å². The molecule has 0 spiro atoms. The first-order valence-electron chi connectivity index (χ1n) is 10.5. The zero-order valence-corrected chi connectivity index (χ0v) is 16.9. The van der Waals surface area contributed by atoms with Gasteiger partial charge in [-0.2, -0.15) is 0 Å². The third-order valence-corrected chi connectivity index (χ3v) is 5.69. The lowest BCUT2D eigenvalue weighted by Gasteiger charge is -2.34. The number of anilines is 1. The van der Waals surface area contributed by atoms with E-state index in [1.54, 1.807) is 0 Å². The first-order chi connectivity index (χ1) is 13.7. The molecule has 2 atom stereocenters. The predicted molar refractivity (Wildman–Crippen MR) is 116 cm³/mol. The average Bonchev–Trinajstić information content (AvgIpc) is 3.48. The summed E-state index contributed by atoms with van der Waals surface area (Å²) in [6.07, 6.45) is 3.39. The number of pyridine rings is 1. The van der Waals surface area contributed by atoms with Crippen LogP contribution < -0.4 is 15.5 Å². The molecule has 1 aromatic carbocycles. The van der Waals surface area contributed by atoms with E-state index in [9.17, 15) is 0 Å². The van der Waals surface area contributed by atoms with E-state index in [0.717, 1.165) is 49.9 Å². The normalized spacial score (nSPS) is 22.8. The van der Waals surface area contributed by atoms with Crippen molar-refractivity contribution in [3.05, 3.63) is 59.8 Å². The monoisotopic (exact) mass is 377 g/mol. The molecule has 2 aliphatic rings. The van der Waals surface area contributed by atoms with E-state index in [1.165, 1.54) is 12.0 Å². The van der Waals surface area contributed by atoms with Crippen LogP contribution in [0.15, 0.2) is 53.5 Å². The van der Waals surface area contributed by atoms with Crippen molar-refractivity contribution in [3.63, 3.8) is 0 Å². The van der Waals surface area contributed by atoms with Gasteiger partial charge < -0.3 is 15.5 Å². The van der Waals surface area contributed by atoms with Crippen LogP contribution in [0.3, 0.4) is 0 Å².